The number of thiol groups is 1. The number of nitrogens with one attached hydrogen (secondary N) is 3. The molecule has 0 heterocycles. The van der Waals surface area contributed by atoms with Crippen molar-refractivity contribution < 1.29 is 29.4 Å². The van der Waals surface area contributed by atoms with E-state index in [2.05, 4.69) is 28.6 Å². The highest BCUT2D eigenvalue weighted by molar-refractivity contribution is 7.80. The van der Waals surface area contributed by atoms with Gasteiger partial charge in [-0.05, 0) is 13.8 Å². The van der Waals surface area contributed by atoms with Gasteiger partial charge in [0.1, 0.15) is 18.1 Å². The van der Waals surface area contributed by atoms with Crippen LogP contribution in [0, 0.1) is 0 Å². The molecule has 0 aromatic rings. The van der Waals surface area contributed by atoms with E-state index in [1.807, 2.05) is 0 Å². The highest BCUT2D eigenvalue weighted by atomic mass is 32.1. The summed E-state index contributed by atoms with van der Waals surface area (Å²) in [4.78, 5) is 45.9. The van der Waals surface area contributed by atoms with Crippen molar-refractivity contribution >= 4 is 36.3 Å². The molecule has 7 N–H and O–H groups in total. The van der Waals surface area contributed by atoms with Gasteiger partial charge in [-0.3, -0.25) is 14.4 Å². The Bertz CT molecular complexity index is 459. The fourth-order valence-electron chi connectivity index (χ4n) is 1.50. The number of aliphatic hydroxyl groups is 1. The van der Waals surface area contributed by atoms with Crippen LogP contribution in [-0.2, 0) is 19.2 Å². The highest BCUT2D eigenvalue weighted by Crippen LogP contribution is 1.98. The number of carbonyl (C=O) groups is 4. The Hall–Kier alpha value is -1.85. The average Bonchev–Trinajstić information content (AvgIpc) is 2.48. The normalized spacial score (nSPS) is 15.7. The summed E-state index contributed by atoms with van der Waals surface area (Å²) in [6, 6.07) is -3.64. The number of nitrogens with two attached hydrogens (primary N) is 1. The zero-order chi connectivity index (χ0) is 18.2. The molecule has 10 nitrogen and oxygen atoms in total. The molecular formula is C12H22N4O6S. The largest absolute Gasteiger partial charge is 0.480 e. The fourth-order valence-corrected chi connectivity index (χ4v) is 1.74. The zero-order valence-corrected chi connectivity index (χ0v) is 13.7. The third-order valence-electron chi connectivity index (χ3n) is 2.82. The van der Waals surface area contributed by atoms with Crippen molar-refractivity contribution in [3.05, 3.63) is 0 Å². The van der Waals surface area contributed by atoms with Crippen molar-refractivity contribution in [3.63, 3.8) is 0 Å². The Morgan fingerprint density at radius 1 is 1.09 bits per heavy atom. The van der Waals surface area contributed by atoms with Gasteiger partial charge in [-0.25, -0.2) is 4.79 Å². The van der Waals surface area contributed by atoms with E-state index < -0.39 is 47.9 Å². The van der Waals surface area contributed by atoms with Crippen LogP contribution in [0.5, 0.6) is 0 Å². The number of hydrogen-bond acceptors (Lipinski definition) is 7. The van der Waals surface area contributed by atoms with Gasteiger partial charge in [-0.1, -0.05) is 0 Å². The lowest BCUT2D eigenvalue weighted by Crippen LogP contribution is -2.59. The number of carbonyl (C=O) groups excluding carboxylic acids is 3. The Labute approximate surface area is 138 Å². The third-order valence-corrected chi connectivity index (χ3v) is 3.18. The SMILES string of the molecule is CC(NC(=O)CN)C(=O)NC(C(=O)NC(CS)C(=O)O)C(C)O. The number of amides is 3. The maximum atomic E-state index is 12.0. The molecule has 0 spiro atoms. The Kier molecular flexibility index (Phi) is 9.22. The van der Waals surface area contributed by atoms with Crippen LogP contribution in [0.25, 0.3) is 0 Å². The van der Waals surface area contributed by atoms with Gasteiger partial charge in [0.2, 0.25) is 17.7 Å². The van der Waals surface area contributed by atoms with Crippen molar-refractivity contribution in [2.75, 3.05) is 12.3 Å². The summed E-state index contributed by atoms with van der Waals surface area (Å²) < 4.78 is 0. The zero-order valence-electron chi connectivity index (χ0n) is 12.8. The average molecular weight is 350 g/mol. The lowest BCUT2D eigenvalue weighted by Gasteiger charge is -2.24. The third kappa shape index (κ3) is 7.30. The molecule has 0 saturated heterocycles. The number of aliphatic hydroxyl groups excluding tert-OH is 1. The first-order valence-corrected chi connectivity index (χ1v) is 7.39. The standard InChI is InChI=1S/C12H22N4O6S/c1-5(14-8(18)3-13)10(19)16-9(6(2)17)11(20)15-7(4-23)12(21)22/h5-7,9,17,23H,3-4,13H2,1-2H3,(H,14,18)(H,15,20)(H,16,19)(H,21,22). The van der Waals surface area contributed by atoms with Crippen LogP contribution in [0.1, 0.15) is 13.8 Å². The van der Waals surface area contributed by atoms with E-state index in [0.29, 0.717) is 0 Å². The quantitative estimate of drug-likeness (QED) is 0.215. The molecule has 4 unspecified atom stereocenters. The topological polar surface area (TPSA) is 171 Å². The maximum absolute atomic E-state index is 12.0. The molecule has 0 bridgehead atoms. The van der Waals surface area contributed by atoms with Crippen molar-refractivity contribution in [2.45, 2.75) is 38.1 Å². The van der Waals surface area contributed by atoms with Gasteiger partial charge in [0.15, 0.2) is 0 Å². The van der Waals surface area contributed by atoms with Crippen LogP contribution in [0.4, 0.5) is 0 Å². The molecule has 0 aliphatic heterocycles. The van der Waals surface area contributed by atoms with Gasteiger partial charge < -0.3 is 31.9 Å². The summed E-state index contributed by atoms with van der Waals surface area (Å²) in [6.45, 7) is 2.32. The maximum Gasteiger partial charge on any atom is 0.327 e. The summed E-state index contributed by atoms with van der Waals surface area (Å²) in [6.07, 6.45) is -1.29. The van der Waals surface area contributed by atoms with E-state index in [9.17, 15) is 24.3 Å². The van der Waals surface area contributed by atoms with Gasteiger partial charge in [-0.15, -0.1) is 0 Å². The second kappa shape index (κ2) is 10.0. The summed E-state index contributed by atoms with van der Waals surface area (Å²) in [5, 5.41) is 25.2. The first-order valence-electron chi connectivity index (χ1n) is 6.75. The van der Waals surface area contributed by atoms with Crippen molar-refractivity contribution in [2.24, 2.45) is 5.73 Å². The number of hydrogen-bond donors (Lipinski definition) is 7. The van der Waals surface area contributed by atoms with Gasteiger partial charge in [-0.2, -0.15) is 12.6 Å². The van der Waals surface area contributed by atoms with Gasteiger partial charge in [0.05, 0.1) is 12.6 Å². The van der Waals surface area contributed by atoms with E-state index >= 15 is 0 Å². The van der Waals surface area contributed by atoms with Crippen molar-refractivity contribution in [3.8, 4) is 0 Å². The van der Waals surface area contributed by atoms with Gasteiger partial charge in [0.25, 0.3) is 0 Å². The second-order valence-corrected chi connectivity index (χ2v) is 5.17. The minimum atomic E-state index is -1.39. The minimum absolute atomic E-state index is 0.162. The van der Waals surface area contributed by atoms with Crippen LogP contribution in [0.3, 0.4) is 0 Å². The van der Waals surface area contributed by atoms with Gasteiger partial charge >= 0.3 is 5.97 Å². The fraction of sp³-hybridized carbons (Fsp3) is 0.667. The van der Waals surface area contributed by atoms with Crippen LogP contribution < -0.4 is 21.7 Å². The number of carboxylic acid groups (broad SMARTS) is 1. The van der Waals surface area contributed by atoms with E-state index in [4.69, 9.17) is 10.8 Å². The highest BCUT2D eigenvalue weighted by Gasteiger charge is 2.30. The molecule has 0 aromatic carbocycles. The Morgan fingerprint density at radius 2 is 1.65 bits per heavy atom. The molecule has 132 valence electrons. The second-order valence-electron chi connectivity index (χ2n) is 4.80. The minimum Gasteiger partial charge on any atom is -0.480 e. The number of rotatable bonds is 9. The van der Waals surface area contributed by atoms with Crippen molar-refractivity contribution in [1.82, 2.24) is 16.0 Å². The smallest absolute Gasteiger partial charge is 0.327 e. The molecule has 0 aliphatic carbocycles. The number of aliphatic carboxylic acids is 1. The molecule has 11 heteroatoms. The van der Waals surface area contributed by atoms with Crippen LogP contribution >= 0.6 is 12.6 Å². The van der Waals surface area contributed by atoms with Crippen molar-refractivity contribution in [1.29, 1.82) is 0 Å². The van der Waals surface area contributed by atoms with Crippen LogP contribution in [0.15, 0.2) is 0 Å². The lowest BCUT2D eigenvalue weighted by atomic mass is 10.1. The summed E-state index contributed by atoms with van der Waals surface area (Å²) in [7, 11) is 0. The van der Waals surface area contributed by atoms with Gasteiger partial charge in [0, 0.05) is 5.75 Å². The summed E-state index contributed by atoms with van der Waals surface area (Å²) in [5.74, 6) is -3.64. The molecule has 4 atom stereocenters. The van der Waals surface area contributed by atoms with E-state index in [0.717, 1.165) is 0 Å². The molecule has 3 amide bonds. The van der Waals surface area contributed by atoms with E-state index in [1.165, 1.54) is 13.8 Å². The monoisotopic (exact) mass is 350 g/mol. The molecule has 0 fully saturated rings. The molecule has 0 rings (SSSR count). The molecule has 0 aromatic heterocycles. The van der Waals surface area contributed by atoms with Crippen LogP contribution in [-0.4, -0.2) is 70.4 Å². The van der Waals surface area contributed by atoms with E-state index in [-0.39, 0.29) is 12.3 Å². The van der Waals surface area contributed by atoms with E-state index in [1.54, 1.807) is 0 Å². The predicted octanol–water partition coefficient (Wildman–Crippen LogP) is -3.19. The first kappa shape index (κ1) is 21.1. The molecule has 0 saturated carbocycles. The molecular weight excluding hydrogens is 328 g/mol. The first-order chi connectivity index (χ1) is 10.6. The number of carboxylic acids is 1. The molecule has 0 aliphatic rings. The summed E-state index contributed by atoms with van der Waals surface area (Å²) in [5.41, 5.74) is 5.11. The summed E-state index contributed by atoms with van der Waals surface area (Å²) >= 11 is 3.80. The predicted molar refractivity (Wildman–Crippen MR) is 83.7 cm³/mol. The molecule has 0 radical (unpaired) electrons. The van der Waals surface area contributed by atoms with Crippen LogP contribution in [0.2, 0.25) is 0 Å². The molecule has 23 heavy (non-hydrogen) atoms. The Balaban J connectivity index is 4.85. The Morgan fingerprint density at radius 3 is 2.04 bits per heavy atom. The lowest BCUT2D eigenvalue weighted by molar-refractivity contribution is -0.142.